The standard InChI is InChI=1S/C8H15BrN2O2/c1-13-7-6-11-5-4-10(3-2-9)8(11)12/h2-7H2,1H3. The van der Waals surface area contributed by atoms with E-state index in [0.717, 1.165) is 25.0 Å². The van der Waals surface area contributed by atoms with Crippen LogP contribution in [0.15, 0.2) is 0 Å². The summed E-state index contributed by atoms with van der Waals surface area (Å²) < 4.78 is 4.93. The van der Waals surface area contributed by atoms with Crippen molar-refractivity contribution in [3.05, 3.63) is 0 Å². The van der Waals surface area contributed by atoms with Crippen molar-refractivity contribution in [1.29, 1.82) is 0 Å². The number of rotatable bonds is 5. The van der Waals surface area contributed by atoms with E-state index in [4.69, 9.17) is 4.74 Å². The molecule has 0 saturated carbocycles. The summed E-state index contributed by atoms with van der Waals surface area (Å²) in [6.07, 6.45) is 0. The van der Waals surface area contributed by atoms with Crippen molar-refractivity contribution in [2.24, 2.45) is 0 Å². The van der Waals surface area contributed by atoms with Crippen LogP contribution in [0.25, 0.3) is 0 Å². The lowest BCUT2D eigenvalue weighted by Gasteiger charge is -2.17. The Morgan fingerprint density at radius 1 is 1.38 bits per heavy atom. The normalized spacial score (nSPS) is 17.2. The van der Waals surface area contributed by atoms with Crippen molar-refractivity contribution >= 4 is 22.0 Å². The van der Waals surface area contributed by atoms with E-state index in [9.17, 15) is 4.79 Å². The second-order valence-corrected chi connectivity index (χ2v) is 3.73. The minimum Gasteiger partial charge on any atom is -0.383 e. The third-order valence-corrected chi connectivity index (χ3v) is 2.46. The number of carbonyl (C=O) groups excluding carboxylic acids is 1. The Balaban J connectivity index is 2.32. The fourth-order valence-corrected chi connectivity index (χ4v) is 1.78. The van der Waals surface area contributed by atoms with Crippen LogP contribution in [0, 0.1) is 0 Å². The van der Waals surface area contributed by atoms with E-state index in [1.807, 2.05) is 9.80 Å². The van der Waals surface area contributed by atoms with Gasteiger partial charge < -0.3 is 14.5 Å². The van der Waals surface area contributed by atoms with Gasteiger partial charge in [-0.2, -0.15) is 0 Å². The number of nitrogens with zero attached hydrogens (tertiary/aromatic N) is 2. The van der Waals surface area contributed by atoms with Gasteiger partial charge >= 0.3 is 6.03 Å². The molecular weight excluding hydrogens is 236 g/mol. The van der Waals surface area contributed by atoms with Gasteiger partial charge in [-0.15, -0.1) is 0 Å². The van der Waals surface area contributed by atoms with Gasteiger partial charge in [-0.1, -0.05) is 15.9 Å². The van der Waals surface area contributed by atoms with E-state index in [-0.39, 0.29) is 6.03 Å². The van der Waals surface area contributed by atoms with Gasteiger partial charge in [0.2, 0.25) is 0 Å². The summed E-state index contributed by atoms with van der Waals surface area (Å²) in [6.45, 7) is 3.79. The van der Waals surface area contributed by atoms with Crippen LogP contribution in [-0.2, 0) is 4.74 Å². The molecule has 0 aliphatic carbocycles. The summed E-state index contributed by atoms with van der Waals surface area (Å²) >= 11 is 3.32. The van der Waals surface area contributed by atoms with E-state index < -0.39 is 0 Å². The smallest absolute Gasteiger partial charge is 0.320 e. The molecule has 1 aliphatic heterocycles. The van der Waals surface area contributed by atoms with Crippen LogP contribution in [0.5, 0.6) is 0 Å². The summed E-state index contributed by atoms with van der Waals surface area (Å²) in [7, 11) is 1.65. The Kier molecular flexibility index (Phi) is 4.52. The SMILES string of the molecule is COCCN1CCN(CCBr)C1=O. The molecule has 1 saturated heterocycles. The zero-order valence-corrected chi connectivity index (χ0v) is 9.42. The molecule has 2 amide bonds. The highest BCUT2D eigenvalue weighted by molar-refractivity contribution is 9.09. The molecule has 0 aromatic heterocycles. The van der Waals surface area contributed by atoms with E-state index >= 15 is 0 Å². The van der Waals surface area contributed by atoms with Crippen LogP contribution in [0.2, 0.25) is 0 Å². The van der Waals surface area contributed by atoms with Gasteiger partial charge in [0.25, 0.3) is 0 Å². The summed E-state index contributed by atoms with van der Waals surface area (Å²) in [5.74, 6) is 0. The van der Waals surface area contributed by atoms with E-state index in [1.54, 1.807) is 7.11 Å². The molecule has 1 rings (SSSR count). The summed E-state index contributed by atoms with van der Waals surface area (Å²) in [4.78, 5) is 15.3. The third-order valence-electron chi connectivity index (χ3n) is 2.10. The molecule has 0 N–H and O–H groups in total. The average Bonchev–Trinajstić information content (AvgIpc) is 2.46. The Labute approximate surface area is 87.0 Å². The summed E-state index contributed by atoms with van der Waals surface area (Å²) in [6, 6.07) is 0.136. The summed E-state index contributed by atoms with van der Waals surface area (Å²) in [5, 5.41) is 0.844. The molecule has 1 aliphatic rings. The van der Waals surface area contributed by atoms with Crippen molar-refractivity contribution in [2.75, 3.05) is 45.2 Å². The lowest BCUT2D eigenvalue weighted by Crippen LogP contribution is -2.34. The molecular formula is C8H15BrN2O2. The third kappa shape index (κ3) is 2.84. The van der Waals surface area contributed by atoms with Crippen molar-refractivity contribution in [1.82, 2.24) is 9.80 Å². The molecule has 0 radical (unpaired) electrons. The zero-order chi connectivity index (χ0) is 9.68. The van der Waals surface area contributed by atoms with Gasteiger partial charge in [0.1, 0.15) is 0 Å². The van der Waals surface area contributed by atoms with Crippen LogP contribution >= 0.6 is 15.9 Å². The molecule has 13 heavy (non-hydrogen) atoms. The highest BCUT2D eigenvalue weighted by Gasteiger charge is 2.26. The minimum atomic E-state index is 0.136. The highest BCUT2D eigenvalue weighted by atomic mass is 79.9. The number of hydrogen-bond acceptors (Lipinski definition) is 2. The number of halogens is 1. The number of carbonyl (C=O) groups is 1. The van der Waals surface area contributed by atoms with Gasteiger partial charge in [-0.3, -0.25) is 0 Å². The molecule has 0 aromatic rings. The van der Waals surface area contributed by atoms with Gasteiger partial charge in [0, 0.05) is 38.6 Å². The van der Waals surface area contributed by atoms with Crippen LogP contribution < -0.4 is 0 Å². The molecule has 1 fully saturated rings. The molecule has 5 heteroatoms. The van der Waals surface area contributed by atoms with Crippen LogP contribution in [0.1, 0.15) is 0 Å². The maximum absolute atomic E-state index is 11.6. The maximum Gasteiger partial charge on any atom is 0.320 e. The topological polar surface area (TPSA) is 32.8 Å². The number of urea groups is 1. The Morgan fingerprint density at radius 2 is 2.00 bits per heavy atom. The number of alkyl halides is 1. The monoisotopic (exact) mass is 250 g/mol. The number of amides is 2. The molecule has 0 aromatic carbocycles. The molecule has 0 atom stereocenters. The lowest BCUT2D eigenvalue weighted by atomic mass is 10.5. The number of ether oxygens (including phenoxy) is 1. The second kappa shape index (κ2) is 5.44. The first-order valence-electron chi connectivity index (χ1n) is 4.38. The van der Waals surface area contributed by atoms with Crippen LogP contribution in [-0.4, -0.2) is 61.1 Å². The largest absolute Gasteiger partial charge is 0.383 e. The molecule has 1 heterocycles. The molecule has 0 spiro atoms. The minimum absolute atomic E-state index is 0.136. The summed E-state index contributed by atoms with van der Waals surface area (Å²) in [5.41, 5.74) is 0. The predicted octanol–water partition coefficient (Wildman–Crippen LogP) is 0.765. The Hall–Kier alpha value is -0.290. The first kappa shape index (κ1) is 10.8. The van der Waals surface area contributed by atoms with E-state index in [1.165, 1.54) is 0 Å². The highest BCUT2D eigenvalue weighted by Crippen LogP contribution is 2.07. The first-order chi connectivity index (χ1) is 6.29. The van der Waals surface area contributed by atoms with Crippen LogP contribution in [0.4, 0.5) is 4.79 Å². The van der Waals surface area contributed by atoms with Crippen molar-refractivity contribution in [2.45, 2.75) is 0 Å². The van der Waals surface area contributed by atoms with Crippen molar-refractivity contribution < 1.29 is 9.53 Å². The first-order valence-corrected chi connectivity index (χ1v) is 5.50. The average molecular weight is 251 g/mol. The predicted molar refractivity (Wildman–Crippen MR) is 54.2 cm³/mol. The fraction of sp³-hybridized carbons (Fsp3) is 0.875. The number of hydrogen-bond donors (Lipinski definition) is 0. The van der Waals surface area contributed by atoms with E-state index in [2.05, 4.69) is 15.9 Å². The lowest BCUT2D eigenvalue weighted by molar-refractivity contribution is 0.155. The Morgan fingerprint density at radius 3 is 2.54 bits per heavy atom. The van der Waals surface area contributed by atoms with Gasteiger partial charge in [0.15, 0.2) is 0 Å². The molecule has 0 unspecified atom stereocenters. The second-order valence-electron chi connectivity index (χ2n) is 2.94. The van der Waals surface area contributed by atoms with E-state index in [0.29, 0.717) is 13.2 Å². The molecule has 4 nitrogen and oxygen atoms in total. The van der Waals surface area contributed by atoms with Gasteiger partial charge in [-0.05, 0) is 0 Å². The quantitative estimate of drug-likeness (QED) is 0.676. The van der Waals surface area contributed by atoms with Gasteiger partial charge in [-0.25, -0.2) is 4.79 Å². The molecule has 76 valence electrons. The van der Waals surface area contributed by atoms with Crippen LogP contribution in [0.3, 0.4) is 0 Å². The molecule has 0 bridgehead atoms. The Bertz CT molecular complexity index is 178. The van der Waals surface area contributed by atoms with Crippen molar-refractivity contribution in [3.8, 4) is 0 Å². The zero-order valence-electron chi connectivity index (χ0n) is 7.83. The van der Waals surface area contributed by atoms with Crippen molar-refractivity contribution in [3.63, 3.8) is 0 Å². The van der Waals surface area contributed by atoms with Gasteiger partial charge in [0.05, 0.1) is 6.61 Å². The fourth-order valence-electron chi connectivity index (χ4n) is 1.35. The number of methoxy groups -OCH3 is 1. The maximum atomic E-state index is 11.6.